The Bertz CT molecular complexity index is 875. The van der Waals surface area contributed by atoms with E-state index in [0.29, 0.717) is 5.56 Å². The number of carbonyl (C=O) groups excluding carboxylic acids is 1. The molecule has 0 unspecified atom stereocenters. The average molecular weight is 303 g/mol. The van der Waals surface area contributed by atoms with E-state index in [-0.39, 0.29) is 11.9 Å². The Hall–Kier alpha value is -2.75. The van der Waals surface area contributed by atoms with Crippen LogP contribution in [0.4, 0.5) is 0 Å². The lowest BCUT2D eigenvalue weighted by Crippen LogP contribution is -2.30. The smallest absolute Gasteiger partial charge is 0.251 e. The van der Waals surface area contributed by atoms with Crippen LogP contribution in [-0.2, 0) is 6.42 Å². The Kier molecular flexibility index (Phi) is 3.50. The van der Waals surface area contributed by atoms with E-state index in [4.69, 9.17) is 0 Å². The van der Waals surface area contributed by atoms with Gasteiger partial charge in [0.25, 0.3) is 5.91 Å². The second-order valence-electron chi connectivity index (χ2n) is 5.88. The summed E-state index contributed by atoms with van der Waals surface area (Å²) in [6.45, 7) is 0. The van der Waals surface area contributed by atoms with Crippen LogP contribution in [0.3, 0.4) is 0 Å². The first-order valence-electron chi connectivity index (χ1n) is 7.91. The van der Waals surface area contributed by atoms with E-state index in [9.17, 15) is 4.79 Å². The topological polar surface area (TPSA) is 54.9 Å². The summed E-state index contributed by atoms with van der Waals surface area (Å²) in [6, 6.07) is 13.9. The molecule has 0 saturated heterocycles. The quantitative estimate of drug-likeness (QED) is 0.789. The Morgan fingerprint density at radius 2 is 1.87 bits per heavy atom. The summed E-state index contributed by atoms with van der Waals surface area (Å²) in [5.74, 6) is -0.0562. The molecular formula is C19H17N3O. The number of hydrogen-bond donors (Lipinski definition) is 1. The van der Waals surface area contributed by atoms with Gasteiger partial charge in [-0.05, 0) is 48.6 Å². The molecule has 4 heteroatoms. The van der Waals surface area contributed by atoms with E-state index in [2.05, 4.69) is 33.5 Å². The van der Waals surface area contributed by atoms with Crippen molar-refractivity contribution in [3.05, 3.63) is 71.5 Å². The molecule has 0 bridgehead atoms. The standard InChI is InChI=1S/C19H17N3O/c23-19(14-8-9-17-18(12-14)21-11-10-20-17)22-16-7-3-5-13-4-1-2-6-15(13)16/h1-2,4,6,8-12,16H,3,5,7H2,(H,22,23)/t16-/m1/s1. The van der Waals surface area contributed by atoms with Gasteiger partial charge in [0.1, 0.15) is 0 Å². The summed E-state index contributed by atoms with van der Waals surface area (Å²) in [7, 11) is 0. The number of amides is 1. The molecule has 1 amide bonds. The van der Waals surface area contributed by atoms with Crippen LogP contribution in [0.1, 0.15) is 40.4 Å². The summed E-state index contributed by atoms with van der Waals surface area (Å²) in [6.07, 6.45) is 6.47. The predicted octanol–water partition coefficient (Wildman–Crippen LogP) is 3.44. The van der Waals surface area contributed by atoms with Crippen molar-refractivity contribution >= 4 is 16.9 Å². The van der Waals surface area contributed by atoms with Crippen molar-refractivity contribution in [2.45, 2.75) is 25.3 Å². The van der Waals surface area contributed by atoms with Gasteiger partial charge in [0.15, 0.2) is 0 Å². The van der Waals surface area contributed by atoms with Gasteiger partial charge in [-0.1, -0.05) is 24.3 Å². The minimum atomic E-state index is -0.0562. The zero-order chi connectivity index (χ0) is 15.6. The normalized spacial score (nSPS) is 16.8. The Labute approximate surface area is 134 Å². The minimum Gasteiger partial charge on any atom is -0.345 e. The molecular weight excluding hydrogens is 286 g/mol. The monoisotopic (exact) mass is 303 g/mol. The summed E-state index contributed by atoms with van der Waals surface area (Å²) in [5.41, 5.74) is 4.75. The van der Waals surface area contributed by atoms with Crippen molar-refractivity contribution in [3.63, 3.8) is 0 Å². The summed E-state index contributed by atoms with van der Waals surface area (Å²) in [5, 5.41) is 3.17. The van der Waals surface area contributed by atoms with Crippen molar-refractivity contribution in [2.75, 3.05) is 0 Å². The van der Waals surface area contributed by atoms with Gasteiger partial charge in [0, 0.05) is 18.0 Å². The highest BCUT2D eigenvalue weighted by Gasteiger charge is 2.21. The van der Waals surface area contributed by atoms with Crippen LogP contribution in [-0.4, -0.2) is 15.9 Å². The molecule has 0 saturated carbocycles. The Balaban J connectivity index is 1.60. The van der Waals surface area contributed by atoms with Crippen LogP contribution in [0.15, 0.2) is 54.9 Å². The first-order chi connectivity index (χ1) is 11.3. The van der Waals surface area contributed by atoms with E-state index in [1.165, 1.54) is 11.1 Å². The highest BCUT2D eigenvalue weighted by molar-refractivity contribution is 5.97. The van der Waals surface area contributed by atoms with Crippen LogP contribution in [0.2, 0.25) is 0 Å². The Morgan fingerprint density at radius 3 is 2.78 bits per heavy atom. The van der Waals surface area contributed by atoms with Crippen molar-refractivity contribution in [1.82, 2.24) is 15.3 Å². The van der Waals surface area contributed by atoms with E-state index in [1.807, 2.05) is 12.1 Å². The number of benzene rings is 2. The number of hydrogen-bond acceptors (Lipinski definition) is 3. The lowest BCUT2D eigenvalue weighted by atomic mass is 9.87. The van der Waals surface area contributed by atoms with Gasteiger partial charge in [0.05, 0.1) is 17.1 Å². The highest BCUT2D eigenvalue weighted by atomic mass is 16.1. The summed E-state index contributed by atoms with van der Waals surface area (Å²) < 4.78 is 0. The third-order valence-corrected chi connectivity index (χ3v) is 4.41. The zero-order valence-corrected chi connectivity index (χ0v) is 12.7. The Morgan fingerprint density at radius 1 is 1.04 bits per heavy atom. The highest BCUT2D eigenvalue weighted by Crippen LogP contribution is 2.29. The number of rotatable bonds is 2. The molecule has 1 N–H and O–H groups in total. The molecule has 0 spiro atoms. The van der Waals surface area contributed by atoms with Crippen LogP contribution >= 0.6 is 0 Å². The molecule has 4 nitrogen and oxygen atoms in total. The molecule has 0 aliphatic heterocycles. The average Bonchev–Trinajstić information content (AvgIpc) is 2.61. The fraction of sp³-hybridized carbons (Fsp3) is 0.211. The van der Waals surface area contributed by atoms with Crippen molar-refractivity contribution in [3.8, 4) is 0 Å². The van der Waals surface area contributed by atoms with Crippen LogP contribution in [0, 0.1) is 0 Å². The number of nitrogens with zero attached hydrogens (tertiary/aromatic N) is 2. The van der Waals surface area contributed by atoms with Gasteiger partial charge in [-0.3, -0.25) is 14.8 Å². The first kappa shape index (κ1) is 13.9. The molecule has 0 radical (unpaired) electrons. The maximum atomic E-state index is 12.6. The fourth-order valence-electron chi connectivity index (χ4n) is 3.25. The number of fused-ring (bicyclic) bond motifs is 2. The molecule has 1 aliphatic rings. The number of aryl methyl sites for hydroxylation is 1. The van der Waals surface area contributed by atoms with Gasteiger partial charge >= 0.3 is 0 Å². The second-order valence-corrected chi connectivity index (χ2v) is 5.88. The molecule has 3 aromatic rings. The minimum absolute atomic E-state index is 0.0562. The molecule has 1 heterocycles. The van der Waals surface area contributed by atoms with Gasteiger partial charge in [0.2, 0.25) is 0 Å². The molecule has 1 aromatic heterocycles. The van der Waals surface area contributed by atoms with Crippen molar-refractivity contribution in [2.24, 2.45) is 0 Å². The zero-order valence-electron chi connectivity index (χ0n) is 12.7. The lowest BCUT2D eigenvalue weighted by molar-refractivity contribution is 0.0933. The first-order valence-corrected chi connectivity index (χ1v) is 7.91. The fourth-order valence-corrected chi connectivity index (χ4v) is 3.25. The van der Waals surface area contributed by atoms with Gasteiger partial charge in [-0.25, -0.2) is 0 Å². The largest absolute Gasteiger partial charge is 0.345 e. The molecule has 114 valence electrons. The molecule has 1 aliphatic carbocycles. The van der Waals surface area contributed by atoms with Gasteiger partial charge in [-0.2, -0.15) is 0 Å². The molecule has 4 rings (SSSR count). The van der Waals surface area contributed by atoms with E-state index in [0.717, 1.165) is 30.3 Å². The second kappa shape index (κ2) is 5.80. The predicted molar refractivity (Wildman–Crippen MR) is 89.1 cm³/mol. The van der Waals surface area contributed by atoms with Crippen LogP contribution < -0.4 is 5.32 Å². The van der Waals surface area contributed by atoms with Gasteiger partial charge < -0.3 is 5.32 Å². The van der Waals surface area contributed by atoms with Gasteiger partial charge in [-0.15, -0.1) is 0 Å². The van der Waals surface area contributed by atoms with Crippen molar-refractivity contribution in [1.29, 1.82) is 0 Å². The van der Waals surface area contributed by atoms with E-state index in [1.54, 1.807) is 24.5 Å². The van der Waals surface area contributed by atoms with Crippen LogP contribution in [0.25, 0.3) is 11.0 Å². The molecule has 1 atom stereocenters. The van der Waals surface area contributed by atoms with E-state index >= 15 is 0 Å². The molecule has 0 fully saturated rings. The number of carbonyl (C=O) groups is 1. The third kappa shape index (κ3) is 2.68. The number of nitrogens with one attached hydrogen (secondary N) is 1. The SMILES string of the molecule is O=C(N[C@@H]1CCCc2ccccc21)c1ccc2nccnc2c1. The van der Waals surface area contributed by atoms with Crippen molar-refractivity contribution < 1.29 is 4.79 Å². The maximum absolute atomic E-state index is 12.6. The maximum Gasteiger partial charge on any atom is 0.251 e. The van der Waals surface area contributed by atoms with E-state index < -0.39 is 0 Å². The summed E-state index contributed by atoms with van der Waals surface area (Å²) in [4.78, 5) is 21.1. The van der Waals surface area contributed by atoms with Crippen LogP contribution in [0.5, 0.6) is 0 Å². The summed E-state index contributed by atoms with van der Waals surface area (Å²) >= 11 is 0. The lowest BCUT2D eigenvalue weighted by Gasteiger charge is -2.26. The molecule has 23 heavy (non-hydrogen) atoms. The molecule has 2 aromatic carbocycles. The number of aromatic nitrogens is 2. The third-order valence-electron chi connectivity index (χ3n) is 4.41.